The van der Waals surface area contributed by atoms with Crippen molar-refractivity contribution in [1.29, 1.82) is 0 Å². The predicted octanol–water partition coefficient (Wildman–Crippen LogP) is 4.79. The average molecular weight is 253 g/mol. The minimum Gasteiger partial charge on any atom is -0.396 e. The second kappa shape index (κ2) is 7.92. The molecule has 100 valence electrons. The summed E-state index contributed by atoms with van der Waals surface area (Å²) in [5.74, 6) is -1.04. The maximum atomic E-state index is 12.7. The van der Waals surface area contributed by atoms with Gasteiger partial charge in [-0.2, -0.15) is 13.2 Å². The van der Waals surface area contributed by atoms with Crippen molar-refractivity contribution in [1.82, 2.24) is 0 Å². The number of hydrogen-bond donors (Lipinski definition) is 1. The second-order valence-corrected chi connectivity index (χ2v) is 2.69. The molecule has 0 aliphatic heterocycles. The van der Waals surface area contributed by atoms with Crippen LogP contribution in [0, 0.1) is 12.7 Å². The van der Waals surface area contributed by atoms with Gasteiger partial charge in [-0.1, -0.05) is 27.7 Å². The Kier molecular flexibility index (Phi) is 8.44. The van der Waals surface area contributed by atoms with E-state index in [1.807, 2.05) is 27.7 Å². The maximum absolute atomic E-state index is 12.7. The average Bonchev–Trinajstić information content (AvgIpc) is 2.27. The smallest absolute Gasteiger partial charge is 0.396 e. The van der Waals surface area contributed by atoms with Crippen LogP contribution in [0.4, 0.5) is 23.2 Å². The molecular weight excluding hydrogens is 234 g/mol. The van der Waals surface area contributed by atoms with Crippen LogP contribution in [0.25, 0.3) is 0 Å². The van der Waals surface area contributed by atoms with Crippen molar-refractivity contribution in [3.05, 3.63) is 29.1 Å². The first-order chi connectivity index (χ1) is 7.82. The lowest BCUT2D eigenvalue weighted by molar-refractivity contribution is -0.138. The van der Waals surface area contributed by atoms with E-state index in [4.69, 9.17) is 5.73 Å². The fourth-order valence-electron chi connectivity index (χ4n) is 1.01. The molecule has 0 saturated carbocycles. The van der Waals surface area contributed by atoms with Crippen LogP contribution in [-0.4, -0.2) is 0 Å². The standard InChI is InChI=1S/C8H7F4N.2C2H6/c1-4-2-7(13)6(9)3-5(4)8(10,11)12;2*1-2/h2-3H,13H2,1H3;2*1-2H3. The van der Waals surface area contributed by atoms with Crippen molar-refractivity contribution < 1.29 is 17.6 Å². The minimum atomic E-state index is -4.53. The number of anilines is 1. The van der Waals surface area contributed by atoms with Crippen molar-refractivity contribution in [2.24, 2.45) is 0 Å². The van der Waals surface area contributed by atoms with Gasteiger partial charge in [0.2, 0.25) is 0 Å². The van der Waals surface area contributed by atoms with E-state index in [-0.39, 0.29) is 11.3 Å². The molecule has 0 aliphatic carbocycles. The Balaban J connectivity index is 0. The van der Waals surface area contributed by atoms with Gasteiger partial charge in [0.1, 0.15) is 5.82 Å². The van der Waals surface area contributed by atoms with E-state index < -0.39 is 17.6 Å². The van der Waals surface area contributed by atoms with E-state index in [1.54, 1.807) is 0 Å². The third kappa shape index (κ3) is 5.56. The molecule has 1 aromatic rings. The Bertz CT molecular complexity index is 332. The zero-order valence-corrected chi connectivity index (χ0v) is 10.7. The molecule has 17 heavy (non-hydrogen) atoms. The molecule has 5 heteroatoms. The highest BCUT2D eigenvalue weighted by Crippen LogP contribution is 2.33. The first kappa shape index (κ1) is 18.1. The molecule has 2 N–H and O–H groups in total. The summed E-state index contributed by atoms with van der Waals surface area (Å²) in [5.41, 5.74) is 3.75. The van der Waals surface area contributed by atoms with E-state index in [0.717, 1.165) is 6.07 Å². The van der Waals surface area contributed by atoms with E-state index in [9.17, 15) is 17.6 Å². The zero-order valence-electron chi connectivity index (χ0n) is 10.7. The van der Waals surface area contributed by atoms with Gasteiger partial charge in [-0.15, -0.1) is 0 Å². The minimum absolute atomic E-state index is 0.0774. The predicted molar refractivity (Wildman–Crippen MR) is 63.2 cm³/mol. The van der Waals surface area contributed by atoms with Crippen LogP contribution in [0.3, 0.4) is 0 Å². The number of halogens is 4. The highest BCUT2D eigenvalue weighted by molar-refractivity contribution is 5.46. The maximum Gasteiger partial charge on any atom is 0.416 e. The van der Waals surface area contributed by atoms with Crippen LogP contribution >= 0.6 is 0 Å². The molecule has 0 saturated heterocycles. The number of nitrogen functional groups attached to an aromatic ring is 1. The molecule has 0 aromatic heterocycles. The summed E-state index contributed by atoms with van der Waals surface area (Å²) in [6.45, 7) is 9.23. The lowest BCUT2D eigenvalue weighted by Gasteiger charge is -2.10. The van der Waals surface area contributed by atoms with Crippen LogP contribution < -0.4 is 5.73 Å². The number of alkyl halides is 3. The molecule has 0 radical (unpaired) electrons. The van der Waals surface area contributed by atoms with Gasteiger partial charge in [-0.3, -0.25) is 0 Å². The molecule has 1 rings (SSSR count). The molecular formula is C12H19F4N. The van der Waals surface area contributed by atoms with E-state index >= 15 is 0 Å². The fraction of sp³-hybridized carbons (Fsp3) is 0.500. The summed E-state index contributed by atoms with van der Waals surface area (Å²) in [7, 11) is 0. The normalized spacial score (nSPS) is 9.71. The Labute approximate surface area is 99.6 Å². The molecule has 0 spiro atoms. The Hall–Kier alpha value is -1.26. The van der Waals surface area contributed by atoms with Gasteiger partial charge >= 0.3 is 6.18 Å². The highest BCUT2D eigenvalue weighted by atomic mass is 19.4. The van der Waals surface area contributed by atoms with Crippen molar-refractivity contribution in [2.75, 3.05) is 5.73 Å². The first-order valence-corrected chi connectivity index (χ1v) is 5.45. The molecule has 1 aromatic carbocycles. The van der Waals surface area contributed by atoms with Gasteiger partial charge in [-0.25, -0.2) is 4.39 Å². The molecule has 1 nitrogen and oxygen atoms in total. The first-order valence-electron chi connectivity index (χ1n) is 5.45. The number of rotatable bonds is 0. The van der Waals surface area contributed by atoms with Crippen molar-refractivity contribution in [3.8, 4) is 0 Å². The van der Waals surface area contributed by atoms with Crippen LogP contribution in [0.2, 0.25) is 0 Å². The summed E-state index contributed by atoms with van der Waals surface area (Å²) in [6.07, 6.45) is -4.53. The molecule has 0 atom stereocenters. The van der Waals surface area contributed by atoms with E-state index in [2.05, 4.69) is 0 Å². The fourth-order valence-corrected chi connectivity index (χ4v) is 1.01. The zero-order chi connectivity index (χ0) is 14.2. The van der Waals surface area contributed by atoms with Crippen LogP contribution in [-0.2, 0) is 6.18 Å². The molecule has 0 aliphatic rings. The topological polar surface area (TPSA) is 26.0 Å². The van der Waals surface area contributed by atoms with Gasteiger partial charge in [-0.05, 0) is 24.6 Å². The quantitative estimate of drug-likeness (QED) is 0.522. The van der Waals surface area contributed by atoms with E-state index in [0.29, 0.717) is 6.07 Å². The third-order valence-electron chi connectivity index (χ3n) is 1.65. The lowest BCUT2D eigenvalue weighted by atomic mass is 10.1. The molecule has 0 heterocycles. The summed E-state index contributed by atoms with van der Waals surface area (Å²) in [5, 5.41) is 0. The van der Waals surface area contributed by atoms with Crippen molar-refractivity contribution in [3.63, 3.8) is 0 Å². The van der Waals surface area contributed by atoms with Crippen LogP contribution in [0.1, 0.15) is 38.8 Å². The largest absolute Gasteiger partial charge is 0.416 e. The summed E-state index contributed by atoms with van der Waals surface area (Å²) < 4.78 is 49.1. The third-order valence-corrected chi connectivity index (χ3v) is 1.65. The van der Waals surface area contributed by atoms with Gasteiger partial charge in [0.15, 0.2) is 0 Å². The van der Waals surface area contributed by atoms with Gasteiger partial charge in [0.25, 0.3) is 0 Å². The Morgan fingerprint density at radius 1 is 1.00 bits per heavy atom. The van der Waals surface area contributed by atoms with Crippen LogP contribution in [0.15, 0.2) is 12.1 Å². The van der Waals surface area contributed by atoms with Crippen molar-refractivity contribution >= 4 is 5.69 Å². The van der Waals surface area contributed by atoms with Gasteiger partial charge < -0.3 is 5.73 Å². The SMILES string of the molecule is CC.CC.Cc1cc(N)c(F)cc1C(F)(F)F. The van der Waals surface area contributed by atoms with Gasteiger partial charge in [0.05, 0.1) is 11.3 Å². The second-order valence-electron chi connectivity index (χ2n) is 2.69. The summed E-state index contributed by atoms with van der Waals surface area (Å²) in [6, 6.07) is 1.38. The summed E-state index contributed by atoms with van der Waals surface area (Å²) in [4.78, 5) is 0. The highest BCUT2D eigenvalue weighted by Gasteiger charge is 2.33. The Morgan fingerprint density at radius 2 is 1.41 bits per heavy atom. The number of hydrogen-bond acceptors (Lipinski definition) is 1. The van der Waals surface area contributed by atoms with Crippen LogP contribution in [0.5, 0.6) is 0 Å². The van der Waals surface area contributed by atoms with Gasteiger partial charge in [0, 0.05) is 0 Å². The molecule has 0 fully saturated rings. The number of nitrogens with two attached hydrogens (primary N) is 1. The Morgan fingerprint density at radius 3 is 1.76 bits per heavy atom. The monoisotopic (exact) mass is 253 g/mol. The molecule has 0 unspecified atom stereocenters. The molecule has 0 bridgehead atoms. The van der Waals surface area contributed by atoms with Crippen molar-refractivity contribution in [2.45, 2.75) is 40.8 Å². The molecule has 0 amide bonds. The number of benzene rings is 1. The van der Waals surface area contributed by atoms with E-state index in [1.165, 1.54) is 6.92 Å². The lowest BCUT2D eigenvalue weighted by Crippen LogP contribution is -2.09. The summed E-state index contributed by atoms with van der Waals surface area (Å²) >= 11 is 0. The number of aryl methyl sites for hydroxylation is 1.